The molecule has 0 spiro atoms. The second-order valence-corrected chi connectivity index (χ2v) is 9.98. The molecule has 3 heterocycles. The van der Waals surface area contributed by atoms with Crippen molar-refractivity contribution in [2.75, 3.05) is 53.1 Å². The molecule has 2 aliphatic heterocycles. The first-order chi connectivity index (χ1) is 15.2. The number of rotatable bonds is 9. The summed E-state index contributed by atoms with van der Waals surface area (Å²) < 4.78 is 12.4. The minimum atomic E-state index is -0.433. The quantitative estimate of drug-likeness (QED) is 0.611. The summed E-state index contributed by atoms with van der Waals surface area (Å²) in [7, 11) is 1.65. The summed E-state index contributed by atoms with van der Waals surface area (Å²) in [6, 6.07) is -0.326. The van der Waals surface area contributed by atoms with E-state index in [1.807, 2.05) is 36.5 Å². The van der Waals surface area contributed by atoms with E-state index < -0.39 is 11.5 Å². The van der Waals surface area contributed by atoms with Gasteiger partial charge < -0.3 is 19.7 Å². The lowest BCUT2D eigenvalue weighted by Gasteiger charge is -2.38. The Balaban J connectivity index is 1.69. The van der Waals surface area contributed by atoms with E-state index in [0.717, 1.165) is 38.4 Å². The second-order valence-electron chi connectivity index (χ2n) is 9.98. The number of hydrogen-bond acceptors (Lipinski definition) is 6. The molecule has 2 saturated heterocycles. The zero-order valence-corrected chi connectivity index (χ0v) is 20.2. The Labute approximate surface area is 191 Å². The van der Waals surface area contributed by atoms with E-state index in [2.05, 4.69) is 22.2 Å². The number of hydrogen-bond donors (Lipinski definition) is 1. The Morgan fingerprint density at radius 1 is 1.34 bits per heavy atom. The van der Waals surface area contributed by atoms with Gasteiger partial charge in [-0.1, -0.05) is 6.92 Å². The highest BCUT2D eigenvalue weighted by Gasteiger charge is 2.48. The number of methoxy groups -OCH3 is 1. The summed E-state index contributed by atoms with van der Waals surface area (Å²) in [6.45, 7) is 14.3. The number of carbonyl (C=O) groups excluding carboxylic acids is 2. The Hall–Kier alpha value is -1.97. The fourth-order valence-corrected chi connectivity index (χ4v) is 4.68. The van der Waals surface area contributed by atoms with Crippen LogP contribution in [0.2, 0.25) is 0 Å². The molecule has 2 aliphatic rings. The van der Waals surface area contributed by atoms with E-state index in [1.165, 1.54) is 0 Å². The van der Waals surface area contributed by atoms with E-state index in [0.29, 0.717) is 25.6 Å². The first-order valence-electron chi connectivity index (χ1n) is 11.6. The number of nitrogens with one attached hydrogen (secondary N) is 1. The average Bonchev–Trinajstić information content (AvgIpc) is 3.35. The first kappa shape index (κ1) is 24.7. The van der Waals surface area contributed by atoms with E-state index in [9.17, 15) is 9.59 Å². The third kappa shape index (κ3) is 6.08. The summed E-state index contributed by atoms with van der Waals surface area (Å²) in [6.07, 6.45) is 3.93. The SMILES string of the molecule is COCCn1cc(C2C(C(=O)NCC(C)CN3CCOCC3)CC(=O)N2C(C)(C)C)cn1. The summed E-state index contributed by atoms with van der Waals surface area (Å²) in [5.74, 6) is -0.164. The van der Waals surface area contributed by atoms with Crippen LogP contribution in [0.4, 0.5) is 0 Å². The third-order valence-corrected chi connectivity index (χ3v) is 6.20. The molecule has 9 heteroatoms. The van der Waals surface area contributed by atoms with Gasteiger partial charge in [0.15, 0.2) is 0 Å². The molecular weight excluding hydrogens is 410 g/mol. The number of nitrogens with zero attached hydrogens (tertiary/aromatic N) is 4. The molecule has 3 rings (SSSR count). The minimum absolute atomic E-state index is 0.00802. The number of ether oxygens (including phenoxy) is 2. The molecule has 0 aliphatic carbocycles. The van der Waals surface area contributed by atoms with Crippen molar-refractivity contribution in [2.45, 2.75) is 52.2 Å². The van der Waals surface area contributed by atoms with Crippen molar-refractivity contribution in [3.05, 3.63) is 18.0 Å². The normalized spacial score (nSPS) is 23.5. The van der Waals surface area contributed by atoms with Crippen LogP contribution in [0.3, 0.4) is 0 Å². The van der Waals surface area contributed by atoms with E-state index in [1.54, 1.807) is 13.3 Å². The summed E-state index contributed by atoms with van der Waals surface area (Å²) in [5, 5.41) is 7.55. The molecule has 1 aromatic heterocycles. The van der Waals surface area contributed by atoms with E-state index in [4.69, 9.17) is 9.47 Å². The van der Waals surface area contributed by atoms with Gasteiger partial charge in [0.05, 0.1) is 44.5 Å². The standard InChI is InChI=1S/C23H39N5O4/c1-17(15-26-6-10-32-11-7-26)13-24-22(30)19-12-20(29)28(23(2,3)4)21(19)18-14-25-27(16-18)8-9-31-5/h14,16-17,19,21H,6-13,15H2,1-5H3,(H,24,30). The molecule has 1 aromatic rings. The molecule has 0 radical (unpaired) electrons. The molecule has 3 unspecified atom stereocenters. The van der Waals surface area contributed by atoms with Crippen LogP contribution in [-0.4, -0.2) is 90.0 Å². The maximum Gasteiger partial charge on any atom is 0.226 e. The predicted octanol–water partition coefficient (Wildman–Crippen LogP) is 1.30. The molecule has 2 amide bonds. The molecular formula is C23H39N5O4. The zero-order valence-electron chi connectivity index (χ0n) is 20.2. The smallest absolute Gasteiger partial charge is 0.226 e. The molecule has 1 N–H and O–H groups in total. The van der Waals surface area contributed by atoms with Crippen LogP contribution in [0, 0.1) is 11.8 Å². The highest BCUT2D eigenvalue weighted by molar-refractivity contribution is 5.90. The van der Waals surface area contributed by atoms with Crippen molar-refractivity contribution in [1.82, 2.24) is 24.9 Å². The highest BCUT2D eigenvalue weighted by Crippen LogP contribution is 2.42. The maximum atomic E-state index is 13.3. The van der Waals surface area contributed by atoms with E-state index in [-0.39, 0.29) is 24.3 Å². The average molecular weight is 450 g/mol. The lowest BCUT2D eigenvalue weighted by Crippen LogP contribution is -2.46. The Morgan fingerprint density at radius 2 is 2.06 bits per heavy atom. The first-order valence-corrected chi connectivity index (χ1v) is 11.6. The molecule has 180 valence electrons. The Bertz CT molecular complexity index is 769. The van der Waals surface area contributed by atoms with Gasteiger partial charge in [-0.15, -0.1) is 0 Å². The van der Waals surface area contributed by atoms with Gasteiger partial charge in [-0.05, 0) is 26.7 Å². The summed E-state index contributed by atoms with van der Waals surface area (Å²) in [4.78, 5) is 30.5. The largest absolute Gasteiger partial charge is 0.383 e. The number of likely N-dealkylation sites (tertiary alicyclic amines) is 1. The van der Waals surface area contributed by atoms with Crippen LogP contribution < -0.4 is 5.32 Å². The van der Waals surface area contributed by atoms with Crippen molar-refractivity contribution in [2.24, 2.45) is 11.8 Å². The van der Waals surface area contributed by atoms with Crippen LogP contribution in [0.15, 0.2) is 12.4 Å². The van der Waals surface area contributed by atoms with Crippen LogP contribution in [0.25, 0.3) is 0 Å². The van der Waals surface area contributed by atoms with Gasteiger partial charge in [-0.2, -0.15) is 5.10 Å². The summed E-state index contributed by atoms with van der Waals surface area (Å²) >= 11 is 0. The molecule has 0 bridgehead atoms. The van der Waals surface area contributed by atoms with Crippen LogP contribution >= 0.6 is 0 Å². The van der Waals surface area contributed by atoms with Gasteiger partial charge in [-0.25, -0.2) is 0 Å². The molecule has 32 heavy (non-hydrogen) atoms. The van der Waals surface area contributed by atoms with Crippen LogP contribution in [0.5, 0.6) is 0 Å². The van der Waals surface area contributed by atoms with Gasteiger partial charge in [0.1, 0.15) is 0 Å². The van der Waals surface area contributed by atoms with Crippen molar-refractivity contribution >= 4 is 11.8 Å². The lowest BCUT2D eigenvalue weighted by atomic mass is 9.92. The Kier molecular flexibility index (Phi) is 8.30. The van der Waals surface area contributed by atoms with Crippen molar-refractivity contribution in [1.29, 1.82) is 0 Å². The van der Waals surface area contributed by atoms with Crippen LogP contribution in [-0.2, 0) is 25.6 Å². The molecule has 9 nitrogen and oxygen atoms in total. The number of amides is 2. The van der Waals surface area contributed by atoms with E-state index >= 15 is 0 Å². The van der Waals surface area contributed by atoms with Crippen molar-refractivity contribution in [3.63, 3.8) is 0 Å². The maximum absolute atomic E-state index is 13.3. The number of morpholine rings is 1. The topological polar surface area (TPSA) is 88.9 Å². The van der Waals surface area contributed by atoms with Gasteiger partial charge in [0.2, 0.25) is 11.8 Å². The molecule has 2 fully saturated rings. The Morgan fingerprint density at radius 3 is 2.72 bits per heavy atom. The lowest BCUT2D eigenvalue weighted by molar-refractivity contribution is -0.133. The highest BCUT2D eigenvalue weighted by atomic mass is 16.5. The van der Waals surface area contributed by atoms with Crippen molar-refractivity contribution in [3.8, 4) is 0 Å². The number of aromatic nitrogens is 2. The second kappa shape index (κ2) is 10.8. The monoisotopic (exact) mass is 449 g/mol. The van der Waals surface area contributed by atoms with Crippen molar-refractivity contribution < 1.29 is 19.1 Å². The van der Waals surface area contributed by atoms with Crippen LogP contribution in [0.1, 0.15) is 45.7 Å². The fraction of sp³-hybridized carbons (Fsp3) is 0.783. The fourth-order valence-electron chi connectivity index (χ4n) is 4.68. The number of carbonyl (C=O) groups is 2. The summed E-state index contributed by atoms with van der Waals surface area (Å²) in [5.41, 5.74) is 0.498. The minimum Gasteiger partial charge on any atom is -0.383 e. The predicted molar refractivity (Wildman–Crippen MR) is 121 cm³/mol. The van der Waals surface area contributed by atoms with Gasteiger partial charge in [0.25, 0.3) is 0 Å². The molecule has 0 aromatic carbocycles. The van der Waals surface area contributed by atoms with Gasteiger partial charge in [-0.3, -0.25) is 19.2 Å². The third-order valence-electron chi connectivity index (χ3n) is 6.20. The molecule has 0 saturated carbocycles. The van der Waals surface area contributed by atoms with Gasteiger partial charge >= 0.3 is 0 Å². The van der Waals surface area contributed by atoms with Gasteiger partial charge in [0, 0.05) is 57.0 Å². The molecule has 3 atom stereocenters. The zero-order chi connectivity index (χ0) is 23.3.